The zero-order valence-electron chi connectivity index (χ0n) is 11.2. The third-order valence-electron chi connectivity index (χ3n) is 3.32. The van der Waals surface area contributed by atoms with Gasteiger partial charge in [0, 0.05) is 34.1 Å². The summed E-state index contributed by atoms with van der Waals surface area (Å²) in [5.41, 5.74) is 0. The van der Waals surface area contributed by atoms with Gasteiger partial charge >= 0.3 is 0 Å². The van der Waals surface area contributed by atoms with Gasteiger partial charge in [0.15, 0.2) is 0 Å². The van der Waals surface area contributed by atoms with E-state index in [1.807, 2.05) is 24.4 Å². The van der Waals surface area contributed by atoms with E-state index in [0.717, 1.165) is 27.5 Å². The fourth-order valence-electron chi connectivity index (χ4n) is 2.17. The highest BCUT2D eigenvalue weighted by Gasteiger charge is 2.14. The van der Waals surface area contributed by atoms with Crippen LogP contribution in [0.2, 0.25) is 0 Å². The molecule has 1 aromatic heterocycles. The second-order valence-corrected chi connectivity index (χ2v) is 5.86. The van der Waals surface area contributed by atoms with Crippen molar-refractivity contribution in [3.63, 3.8) is 0 Å². The van der Waals surface area contributed by atoms with Crippen molar-refractivity contribution in [2.24, 2.45) is 5.92 Å². The molecule has 3 nitrogen and oxygen atoms in total. The number of hydrogen-bond acceptors (Lipinski definition) is 3. The van der Waals surface area contributed by atoms with Crippen LogP contribution < -0.4 is 5.32 Å². The van der Waals surface area contributed by atoms with E-state index in [1.165, 1.54) is 0 Å². The van der Waals surface area contributed by atoms with E-state index < -0.39 is 0 Å². The lowest BCUT2D eigenvalue weighted by Gasteiger charge is -2.23. The van der Waals surface area contributed by atoms with Gasteiger partial charge in [0.2, 0.25) is 0 Å². The number of nitrogens with zero attached hydrogens (tertiary/aromatic N) is 1. The first kappa shape index (κ1) is 14.3. The molecule has 0 aliphatic heterocycles. The Morgan fingerprint density at radius 1 is 1.26 bits per heavy atom. The van der Waals surface area contributed by atoms with E-state index in [2.05, 4.69) is 46.1 Å². The van der Waals surface area contributed by atoms with Crippen molar-refractivity contribution in [2.75, 3.05) is 11.9 Å². The number of halogens is 1. The second kappa shape index (κ2) is 6.35. The van der Waals surface area contributed by atoms with Crippen LogP contribution in [-0.4, -0.2) is 22.7 Å². The Morgan fingerprint density at radius 3 is 2.74 bits per heavy atom. The van der Waals surface area contributed by atoms with Gasteiger partial charge in [0.1, 0.15) is 5.82 Å². The Hall–Kier alpha value is -1.13. The number of hydrogen-bond donors (Lipinski definition) is 2. The fraction of sp³-hybridized carbons (Fsp3) is 0.400. The molecule has 1 aromatic carbocycles. The average Bonchev–Trinajstić information content (AvgIpc) is 2.39. The number of nitrogens with one attached hydrogen (secondary N) is 1. The van der Waals surface area contributed by atoms with Crippen molar-refractivity contribution in [1.29, 1.82) is 0 Å². The molecule has 19 heavy (non-hydrogen) atoms. The summed E-state index contributed by atoms with van der Waals surface area (Å²) in [6.45, 7) is 4.48. The van der Waals surface area contributed by atoms with Crippen LogP contribution in [0.4, 0.5) is 5.82 Å². The molecule has 0 amide bonds. The summed E-state index contributed by atoms with van der Waals surface area (Å²) in [7, 11) is 0. The van der Waals surface area contributed by atoms with Gasteiger partial charge in [-0.2, -0.15) is 0 Å². The smallest absolute Gasteiger partial charge is 0.134 e. The minimum absolute atomic E-state index is 0.185. The Kier molecular flexibility index (Phi) is 4.77. The molecule has 102 valence electrons. The van der Waals surface area contributed by atoms with E-state index in [9.17, 15) is 0 Å². The summed E-state index contributed by atoms with van der Waals surface area (Å²) in [6.07, 6.45) is 2.54. The first-order valence-corrected chi connectivity index (χ1v) is 7.33. The monoisotopic (exact) mass is 322 g/mol. The molecule has 2 rings (SSSR count). The highest BCUT2D eigenvalue weighted by atomic mass is 79.9. The van der Waals surface area contributed by atoms with E-state index in [4.69, 9.17) is 5.11 Å². The molecule has 0 saturated carbocycles. The van der Waals surface area contributed by atoms with Gasteiger partial charge in [0.25, 0.3) is 0 Å². The summed E-state index contributed by atoms with van der Waals surface area (Å²) < 4.78 is 1.07. The van der Waals surface area contributed by atoms with Crippen molar-refractivity contribution in [2.45, 2.75) is 26.3 Å². The zero-order chi connectivity index (χ0) is 13.8. The molecular formula is C15H19BrN2O. The molecule has 0 bridgehead atoms. The van der Waals surface area contributed by atoms with Crippen molar-refractivity contribution < 1.29 is 5.11 Å². The van der Waals surface area contributed by atoms with Gasteiger partial charge in [-0.15, -0.1) is 0 Å². The van der Waals surface area contributed by atoms with Gasteiger partial charge in [-0.1, -0.05) is 41.9 Å². The Bertz CT molecular complexity index is 557. The van der Waals surface area contributed by atoms with Gasteiger partial charge < -0.3 is 10.4 Å². The third kappa shape index (κ3) is 3.25. The van der Waals surface area contributed by atoms with Crippen LogP contribution in [0, 0.1) is 5.92 Å². The van der Waals surface area contributed by atoms with Crippen LogP contribution in [0.3, 0.4) is 0 Å². The van der Waals surface area contributed by atoms with Crippen LogP contribution in [0.25, 0.3) is 10.8 Å². The standard InChI is InChI=1S/C15H19BrN2O/c1-10(2)14(7-9-19)18-15-12-4-3-5-13(16)11(12)6-8-17-15/h3-6,8,10,14,19H,7,9H2,1-2H3,(H,17,18). The quantitative estimate of drug-likeness (QED) is 0.879. The summed E-state index contributed by atoms with van der Waals surface area (Å²) in [6, 6.07) is 8.32. The second-order valence-electron chi connectivity index (χ2n) is 5.00. The van der Waals surface area contributed by atoms with Gasteiger partial charge in [0.05, 0.1) is 0 Å². The number of anilines is 1. The van der Waals surface area contributed by atoms with Crippen LogP contribution in [0.5, 0.6) is 0 Å². The highest BCUT2D eigenvalue weighted by molar-refractivity contribution is 9.10. The number of rotatable bonds is 5. The van der Waals surface area contributed by atoms with Crippen molar-refractivity contribution >= 4 is 32.5 Å². The fourth-order valence-corrected chi connectivity index (χ4v) is 2.67. The Labute approximate surface area is 122 Å². The molecule has 4 heteroatoms. The van der Waals surface area contributed by atoms with Crippen molar-refractivity contribution in [3.05, 3.63) is 34.9 Å². The molecule has 0 spiro atoms. The van der Waals surface area contributed by atoms with E-state index in [0.29, 0.717) is 5.92 Å². The predicted octanol–water partition coefficient (Wildman–Crippen LogP) is 3.82. The summed E-state index contributed by atoms with van der Waals surface area (Å²) in [4.78, 5) is 4.44. The molecule has 1 unspecified atom stereocenters. The predicted molar refractivity (Wildman–Crippen MR) is 83.4 cm³/mol. The van der Waals surface area contributed by atoms with Crippen LogP contribution in [-0.2, 0) is 0 Å². The lowest BCUT2D eigenvalue weighted by Crippen LogP contribution is -2.27. The molecular weight excluding hydrogens is 304 g/mol. The number of benzene rings is 1. The molecule has 2 aromatic rings. The molecule has 0 aliphatic rings. The largest absolute Gasteiger partial charge is 0.396 e. The molecule has 0 radical (unpaired) electrons. The van der Waals surface area contributed by atoms with Gasteiger partial charge in [-0.05, 0) is 24.5 Å². The number of pyridine rings is 1. The minimum atomic E-state index is 0.185. The molecule has 0 aliphatic carbocycles. The molecule has 0 saturated heterocycles. The van der Waals surface area contributed by atoms with E-state index >= 15 is 0 Å². The Morgan fingerprint density at radius 2 is 2.05 bits per heavy atom. The molecule has 2 N–H and O–H groups in total. The molecule has 1 heterocycles. The maximum absolute atomic E-state index is 9.15. The highest BCUT2D eigenvalue weighted by Crippen LogP contribution is 2.28. The first-order valence-electron chi connectivity index (χ1n) is 6.54. The Balaban J connectivity index is 2.37. The van der Waals surface area contributed by atoms with Crippen molar-refractivity contribution in [1.82, 2.24) is 4.98 Å². The number of fused-ring (bicyclic) bond motifs is 1. The lowest BCUT2D eigenvalue weighted by molar-refractivity contribution is 0.267. The number of aliphatic hydroxyl groups excluding tert-OH is 1. The first-order chi connectivity index (χ1) is 9.13. The van der Waals surface area contributed by atoms with Gasteiger partial charge in [-0.3, -0.25) is 0 Å². The van der Waals surface area contributed by atoms with Gasteiger partial charge in [-0.25, -0.2) is 4.98 Å². The molecule has 0 fully saturated rings. The van der Waals surface area contributed by atoms with Crippen LogP contribution >= 0.6 is 15.9 Å². The van der Waals surface area contributed by atoms with Crippen LogP contribution in [0.15, 0.2) is 34.9 Å². The van der Waals surface area contributed by atoms with Crippen LogP contribution in [0.1, 0.15) is 20.3 Å². The minimum Gasteiger partial charge on any atom is -0.396 e. The SMILES string of the molecule is CC(C)C(CCO)Nc1nccc2c(Br)cccc12. The zero-order valence-corrected chi connectivity index (χ0v) is 12.8. The number of aromatic nitrogens is 1. The topological polar surface area (TPSA) is 45.1 Å². The third-order valence-corrected chi connectivity index (χ3v) is 4.01. The average molecular weight is 323 g/mol. The van der Waals surface area contributed by atoms with E-state index in [-0.39, 0.29) is 12.6 Å². The number of aliphatic hydroxyl groups is 1. The molecule has 1 atom stereocenters. The summed E-state index contributed by atoms with van der Waals surface area (Å²) in [5.74, 6) is 1.32. The van der Waals surface area contributed by atoms with E-state index in [1.54, 1.807) is 0 Å². The normalized spacial score (nSPS) is 12.9. The maximum atomic E-state index is 9.15. The summed E-state index contributed by atoms with van der Waals surface area (Å²) in [5, 5.41) is 14.9. The summed E-state index contributed by atoms with van der Waals surface area (Å²) >= 11 is 3.56. The van der Waals surface area contributed by atoms with Crippen molar-refractivity contribution in [3.8, 4) is 0 Å². The maximum Gasteiger partial charge on any atom is 0.134 e. The lowest BCUT2D eigenvalue weighted by atomic mass is 10.0.